The molecule has 0 aromatic heterocycles. The molecule has 2 N–H and O–H groups in total. The van der Waals surface area contributed by atoms with E-state index in [-0.39, 0.29) is 0 Å². The van der Waals surface area contributed by atoms with Gasteiger partial charge in [-0.25, -0.2) is 4.99 Å². The molecule has 3 aliphatic rings. The second-order valence-corrected chi connectivity index (χ2v) is 5.65. The van der Waals surface area contributed by atoms with E-state index in [9.17, 15) is 0 Å². The quantitative estimate of drug-likeness (QED) is 0.756. The molecule has 0 saturated carbocycles. The van der Waals surface area contributed by atoms with Gasteiger partial charge in [0.05, 0.1) is 12.6 Å². The summed E-state index contributed by atoms with van der Waals surface area (Å²) < 4.78 is 5.70. The maximum atomic E-state index is 5.70. The summed E-state index contributed by atoms with van der Waals surface area (Å²) in [4.78, 5) is 12.9. The van der Waals surface area contributed by atoms with Gasteiger partial charge in [0.1, 0.15) is 11.6 Å². The summed E-state index contributed by atoms with van der Waals surface area (Å²) in [5.41, 5.74) is 3.95. The molecule has 2 bridgehead atoms. The Hall–Kier alpha value is -3.67. The van der Waals surface area contributed by atoms with Crippen molar-refractivity contribution in [2.75, 3.05) is 5.32 Å². The maximum absolute atomic E-state index is 5.70. The first-order valence-electron chi connectivity index (χ1n) is 8.23. The number of allylic oxidation sites excluding steroid dienone is 5. The molecule has 2 aliphatic heterocycles. The number of rotatable bonds is 0. The number of hydrogen-bond donors (Lipinski definition) is 2. The predicted molar refractivity (Wildman–Crippen MR) is 105 cm³/mol. The molecule has 4 rings (SSSR count). The van der Waals surface area contributed by atoms with Gasteiger partial charge in [0, 0.05) is 53.8 Å². The predicted octanol–water partition coefficient (Wildman–Crippen LogP) is 3.62. The highest BCUT2D eigenvalue weighted by molar-refractivity contribution is 5.88. The zero-order valence-electron chi connectivity index (χ0n) is 14.0. The third-order valence-corrected chi connectivity index (χ3v) is 3.95. The van der Waals surface area contributed by atoms with Gasteiger partial charge >= 0.3 is 0 Å². The second-order valence-electron chi connectivity index (χ2n) is 5.65. The average molecular weight is 343 g/mol. The van der Waals surface area contributed by atoms with E-state index in [1.807, 2.05) is 36.4 Å². The van der Waals surface area contributed by atoms with E-state index in [1.54, 1.807) is 43.5 Å². The van der Waals surface area contributed by atoms with E-state index in [1.165, 1.54) is 0 Å². The first-order valence-corrected chi connectivity index (χ1v) is 8.23. The largest absolute Gasteiger partial charge is 0.469 e. The highest BCUT2D eigenvalue weighted by atomic mass is 16.5. The molecule has 128 valence electrons. The van der Waals surface area contributed by atoms with Crippen molar-refractivity contribution in [1.29, 1.82) is 0 Å². The standard InChI is InChI=1S/C20H17N5O/c1-2-5-18-15(4-1)13-22-10-9-21-8-3-11-26-16-6-7-19-17(12-16)20(25-18)24-14-23-19/h1-11,13-14,25H,12H2,(H,23,24)/b10-9-,11-3-,21-8-,22-13?. The maximum Gasteiger partial charge on any atom is 0.137 e. The Labute approximate surface area is 151 Å². The molecule has 0 spiro atoms. The summed E-state index contributed by atoms with van der Waals surface area (Å²) in [5.74, 6) is 1.63. The Balaban J connectivity index is 1.76. The van der Waals surface area contributed by atoms with E-state index in [4.69, 9.17) is 4.74 Å². The Bertz CT molecular complexity index is 945. The van der Waals surface area contributed by atoms with Crippen LogP contribution in [-0.4, -0.2) is 18.8 Å². The minimum Gasteiger partial charge on any atom is -0.469 e. The smallest absolute Gasteiger partial charge is 0.137 e. The molecule has 0 radical (unpaired) electrons. The molecular weight excluding hydrogens is 326 g/mol. The van der Waals surface area contributed by atoms with Gasteiger partial charge in [0.25, 0.3) is 0 Å². The van der Waals surface area contributed by atoms with Crippen molar-refractivity contribution in [3.05, 3.63) is 89.6 Å². The monoisotopic (exact) mass is 343 g/mol. The minimum atomic E-state index is 0.635. The van der Waals surface area contributed by atoms with Gasteiger partial charge in [0.15, 0.2) is 0 Å². The number of nitrogens with zero attached hydrogens (tertiary/aromatic N) is 3. The van der Waals surface area contributed by atoms with E-state index in [0.29, 0.717) is 6.42 Å². The van der Waals surface area contributed by atoms with E-state index >= 15 is 0 Å². The Morgan fingerprint density at radius 3 is 2.96 bits per heavy atom. The number of aliphatic imine (C=N–C) groups is 3. The van der Waals surface area contributed by atoms with Crippen LogP contribution in [0, 0.1) is 0 Å². The van der Waals surface area contributed by atoms with Gasteiger partial charge < -0.3 is 15.4 Å². The van der Waals surface area contributed by atoms with Crippen molar-refractivity contribution >= 4 is 24.5 Å². The lowest BCUT2D eigenvalue weighted by Crippen LogP contribution is -2.23. The average Bonchev–Trinajstić information content (AvgIpc) is 2.67. The summed E-state index contributed by atoms with van der Waals surface area (Å²) >= 11 is 0. The van der Waals surface area contributed by atoms with Gasteiger partial charge in [-0.15, -0.1) is 0 Å². The molecule has 0 saturated heterocycles. The molecule has 1 aromatic carbocycles. The fourth-order valence-corrected chi connectivity index (χ4v) is 2.70. The fraction of sp³-hybridized carbons (Fsp3) is 0.0500. The lowest BCUT2D eigenvalue weighted by molar-refractivity contribution is 0.340. The van der Waals surface area contributed by atoms with Gasteiger partial charge in [-0.2, -0.15) is 0 Å². The lowest BCUT2D eigenvalue weighted by atomic mass is 10.0. The summed E-state index contributed by atoms with van der Waals surface area (Å²) in [6, 6.07) is 7.95. The van der Waals surface area contributed by atoms with Crippen molar-refractivity contribution < 1.29 is 4.74 Å². The summed E-state index contributed by atoms with van der Waals surface area (Å²) in [6.07, 6.45) is 16.3. The normalized spacial score (nSPS) is 22.0. The highest BCUT2D eigenvalue weighted by Crippen LogP contribution is 2.30. The second kappa shape index (κ2) is 7.48. The van der Waals surface area contributed by atoms with Gasteiger partial charge in [-0.3, -0.25) is 9.98 Å². The number of nitrogens with one attached hydrogen (secondary N) is 2. The topological polar surface area (TPSA) is 70.4 Å². The molecule has 26 heavy (non-hydrogen) atoms. The zero-order chi connectivity index (χ0) is 17.6. The van der Waals surface area contributed by atoms with Crippen LogP contribution in [0.4, 0.5) is 5.69 Å². The Morgan fingerprint density at radius 2 is 1.96 bits per heavy atom. The van der Waals surface area contributed by atoms with Crippen molar-refractivity contribution in [1.82, 2.24) is 5.32 Å². The summed E-state index contributed by atoms with van der Waals surface area (Å²) in [6.45, 7) is 0. The number of anilines is 1. The SMILES string of the molecule is C1=N\C=C/N=C\C=C/OC2=CC=C3NC=NC(=C3C2)Nc2ccccc21. The fourth-order valence-electron chi connectivity index (χ4n) is 2.70. The van der Waals surface area contributed by atoms with Crippen molar-refractivity contribution in [2.45, 2.75) is 6.42 Å². The highest BCUT2D eigenvalue weighted by Gasteiger charge is 2.20. The van der Waals surface area contributed by atoms with Crippen LogP contribution in [-0.2, 0) is 4.74 Å². The molecular formula is C20H17N5O. The first-order chi connectivity index (χ1) is 12.9. The zero-order valence-corrected chi connectivity index (χ0v) is 14.0. The summed E-state index contributed by atoms with van der Waals surface area (Å²) in [7, 11) is 0. The molecule has 0 amide bonds. The Morgan fingerprint density at radius 1 is 1.04 bits per heavy atom. The van der Waals surface area contributed by atoms with Crippen LogP contribution in [0.15, 0.2) is 99.0 Å². The van der Waals surface area contributed by atoms with Crippen LogP contribution in [0.3, 0.4) is 0 Å². The van der Waals surface area contributed by atoms with Crippen LogP contribution in [0.1, 0.15) is 12.0 Å². The summed E-state index contributed by atoms with van der Waals surface area (Å²) in [5, 5.41) is 6.60. The number of benzene rings is 1. The van der Waals surface area contributed by atoms with E-state index < -0.39 is 0 Å². The third-order valence-electron chi connectivity index (χ3n) is 3.95. The van der Waals surface area contributed by atoms with Crippen molar-refractivity contribution in [3.8, 4) is 0 Å². The first kappa shape index (κ1) is 15.8. The van der Waals surface area contributed by atoms with Crippen LogP contribution in [0.25, 0.3) is 0 Å². The van der Waals surface area contributed by atoms with Crippen LogP contribution in [0.5, 0.6) is 0 Å². The number of para-hydroxylation sites is 1. The molecule has 1 aliphatic carbocycles. The molecule has 0 unspecified atom stereocenters. The van der Waals surface area contributed by atoms with Gasteiger partial charge in [-0.05, 0) is 24.3 Å². The third kappa shape index (κ3) is 3.54. The molecule has 0 atom stereocenters. The van der Waals surface area contributed by atoms with Gasteiger partial charge in [-0.1, -0.05) is 18.2 Å². The number of fused-ring (bicyclic) bond motifs is 2. The van der Waals surface area contributed by atoms with Crippen LogP contribution in [0.2, 0.25) is 0 Å². The molecule has 0 fully saturated rings. The van der Waals surface area contributed by atoms with E-state index in [0.717, 1.165) is 34.1 Å². The number of hydrogen-bond acceptors (Lipinski definition) is 6. The lowest BCUT2D eigenvalue weighted by Gasteiger charge is -2.24. The van der Waals surface area contributed by atoms with Crippen molar-refractivity contribution in [2.24, 2.45) is 15.0 Å². The van der Waals surface area contributed by atoms with E-state index in [2.05, 4.69) is 25.6 Å². The molecule has 2 heterocycles. The number of ether oxygens (including phenoxy) is 1. The van der Waals surface area contributed by atoms with Crippen molar-refractivity contribution in [3.63, 3.8) is 0 Å². The molecule has 6 nitrogen and oxygen atoms in total. The van der Waals surface area contributed by atoms with Gasteiger partial charge in [0.2, 0.25) is 0 Å². The van der Waals surface area contributed by atoms with Crippen LogP contribution < -0.4 is 10.6 Å². The van der Waals surface area contributed by atoms with Crippen LogP contribution >= 0.6 is 0 Å². The minimum absolute atomic E-state index is 0.635. The molecule has 1 aromatic rings. The molecule has 6 heteroatoms. The Kier molecular flexibility index (Phi) is 4.56.